The molecule has 0 bridgehead atoms. The van der Waals surface area contributed by atoms with Crippen LogP contribution in [0.3, 0.4) is 0 Å². The molecule has 1 aromatic rings. The van der Waals surface area contributed by atoms with Crippen molar-refractivity contribution < 1.29 is 17.9 Å². The number of aryl methyl sites for hydroxylation is 1. The number of morpholine rings is 1. The van der Waals surface area contributed by atoms with Gasteiger partial charge in [-0.3, -0.25) is 4.79 Å². The second-order valence-corrected chi connectivity index (χ2v) is 8.13. The van der Waals surface area contributed by atoms with Crippen molar-refractivity contribution in [2.75, 3.05) is 32.5 Å². The molecule has 0 aliphatic carbocycles. The quantitative estimate of drug-likeness (QED) is 0.809. The van der Waals surface area contributed by atoms with E-state index in [0.29, 0.717) is 18.8 Å². The van der Waals surface area contributed by atoms with E-state index in [1.165, 1.54) is 21.9 Å². The molecule has 1 saturated heterocycles. The van der Waals surface area contributed by atoms with Gasteiger partial charge in [0, 0.05) is 25.0 Å². The molecule has 0 radical (unpaired) electrons. The van der Waals surface area contributed by atoms with Crippen LogP contribution in [-0.2, 0) is 21.2 Å². The van der Waals surface area contributed by atoms with Gasteiger partial charge in [-0.25, -0.2) is 13.4 Å². The molecule has 2 heterocycles. The first-order valence-corrected chi connectivity index (χ1v) is 9.92. The lowest BCUT2D eigenvalue weighted by Crippen LogP contribution is -2.49. The molecule has 1 amide bonds. The summed E-state index contributed by atoms with van der Waals surface area (Å²) in [5, 5.41) is 5.44. The molecule has 0 unspecified atom stereocenters. The van der Waals surface area contributed by atoms with Crippen LogP contribution in [-0.4, -0.2) is 62.2 Å². The van der Waals surface area contributed by atoms with Crippen molar-refractivity contribution >= 4 is 27.3 Å². The standard InChI is InChI=1S/C13H21N3O4S2/c1-3-4-12-15-11(9-21-12)13(17)14-7-10-8-16(5-6-20-10)22(2,18)19/h9-10H,3-8H2,1-2H3,(H,14,17)/t10-/m1/s1. The molecule has 0 spiro atoms. The number of nitrogens with zero attached hydrogens (tertiary/aromatic N) is 2. The van der Waals surface area contributed by atoms with Crippen LogP contribution in [0.5, 0.6) is 0 Å². The summed E-state index contributed by atoms with van der Waals surface area (Å²) in [6.07, 6.45) is 2.71. The molecule has 2 rings (SSSR count). The van der Waals surface area contributed by atoms with E-state index in [0.717, 1.165) is 17.8 Å². The summed E-state index contributed by atoms with van der Waals surface area (Å²) in [5.74, 6) is -0.251. The van der Waals surface area contributed by atoms with Gasteiger partial charge in [0.15, 0.2) is 0 Å². The number of aromatic nitrogens is 1. The lowest BCUT2D eigenvalue weighted by atomic mass is 10.3. The summed E-state index contributed by atoms with van der Waals surface area (Å²) in [6, 6.07) is 0. The molecule has 9 heteroatoms. The first-order valence-electron chi connectivity index (χ1n) is 7.19. The fraction of sp³-hybridized carbons (Fsp3) is 0.692. The number of thiazole rings is 1. The maximum absolute atomic E-state index is 12.0. The Hall–Kier alpha value is -1.03. The van der Waals surface area contributed by atoms with Crippen molar-refractivity contribution in [2.45, 2.75) is 25.9 Å². The predicted molar refractivity (Wildman–Crippen MR) is 84.6 cm³/mol. The molecule has 124 valence electrons. The molecular weight excluding hydrogens is 326 g/mol. The van der Waals surface area contributed by atoms with Gasteiger partial charge in [0.2, 0.25) is 10.0 Å². The highest BCUT2D eigenvalue weighted by molar-refractivity contribution is 7.88. The monoisotopic (exact) mass is 347 g/mol. The van der Waals surface area contributed by atoms with Gasteiger partial charge in [-0.05, 0) is 12.8 Å². The van der Waals surface area contributed by atoms with Gasteiger partial charge in [0.05, 0.1) is 24.0 Å². The van der Waals surface area contributed by atoms with Crippen molar-refractivity contribution in [3.63, 3.8) is 0 Å². The van der Waals surface area contributed by atoms with Crippen LogP contribution < -0.4 is 5.32 Å². The number of hydrogen-bond donors (Lipinski definition) is 1. The van der Waals surface area contributed by atoms with E-state index in [1.807, 2.05) is 0 Å². The average molecular weight is 347 g/mol. The number of rotatable bonds is 6. The minimum absolute atomic E-state index is 0.251. The zero-order valence-electron chi connectivity index (χ0n) is 12.7. The smallest absolute Gasteiger partial charge is 0.270 e. The first kappa shape index (κ1) is 17.3. The number of carbonyl (C=O) groups excluding carboxylic acids is 1. The zero-order chi connectivity index (χ0) is 16.2. The second kappa shape index (κ2) is 7.49. The van der Waals surface area contributed by atoms with Gasteiger partial charge in [0.25, 0.3) is 5.91 Å². The van der Waals surface area contributed by atoms with Crippen molar-refractivity contribution in [3.8, 4) is 0 Å². The number of amides is 1. The van der Waals surface area contributed by atoms with Gasteiger partial charge in [-0.2, -0.15) is 4.31 Å². The lowest BCUT2D eigenvalue weighted by molar-refractivity contribution is 0.000415. The molecule has 7 nitrogen and oxygen atoms in total. The number of nitrogens with one attached hydrogen (secondary N) is 1. The summed E-state index contributed by atoms with van der Waals surface area (Å²) in [7, 11) is -3.22. The van der Waals surface area contributed by atoms with E-state index in [2.05, 4.69) is 17.2 Å². The maximum atomic E-state index is 12.0. The highest BCUT2D eigenvalue weighted by Crippen LogP contribution is 2.12. The third-order valence-corrected chi connectivity index (χ3v) is 5.49. The van der Waals surface area contributed by atoms with E-state index in [-0.39, 0.29) is 25.1 Å². The Kier molecular flexibility index (Phi) is 5.90. The minimum Gasteiger partial charge on any atom is -0.374 e. The summed E-state index contributed by atoms with van der Waals surface area (Å²) in [5.41, 5.74) is 0.407. The van der Waals surface area contributed by atoms with Crippen molar-refractivity contribution in [3.05, 3.63) is 16.1 Å². The average Bonchev–Trinajstić information content (AvgIpc) is 2.93. The summed E-state index contributed by atoms with van der Waals surface area (Å²) >= 11 is 1.48. The van der Waals surface area contributed by atoms with Crippen molar-refractivity contribution in [2.24, 2.45) is 0 Å². The molecule has 22 heavy (non-hydrogen) atoms. The number of ether oxygens (including phenoxy) is 1. The summed E-state index contributed by atoms with van der Waals surface area (Å²) in [4.78, 5) is 16.3. The van der Waals surface area contributed by atoms with Gasteiger partial charge < -0.3 is 10.1 Å². The molecule has 1 N–H and O–H groups in total. The highest BCUT2D eigenvalue weighted by atomic mass is 32.2. The molecule has 1 aliphatic rings. The largest absolute Gasteiger partial charge is 0.374 e. The van der Waals surface area contributed by atoms with Crippen molar-refractivity contribution in [1.29, 1.82) is 0 Å². The Morgan fingerprint density at radius 1 is 1.59 bits per heavy atom. The Labute approximate surface area is 134 Å². The third kappa shape index (κ3) is 4.73. The number of sulfonamides is 1. The van der Waals surface area contributed by atoms with Gasteiger partial charge in [0.1, 0.15) is 5.69 Å². The zero-order valence-corrected chi connectivity index (χ0v) is 14.4. The van der Waals surface area contributed by atoms with E-state index in [9.17, 15) is 13.2 Å². The van der Waals surface area contributed by atoms with Crippen molar-refractivity contribution in [1.82, 2.24) is 14.6 Å². The third-order valence-electron chi connectivity index (χ3n) is 3.31. The second-order valence-electron chi connectivity index (χ2n) is 5.20. The Morgan fingerprint density at radius 3 is 3.05 bits per heavy atom. The molecule has 0 saturated carbocycles. The van der Waals surface area contributed by atoms with Crippen LogP contribution in [0.15, 0.2) is 5.38 Å². The predicted octanol–water partition coefficient (Wildman–Crippen LogP) is 0.486. The van der Waals surface area contributed by atoms with Crippen LogP contribution in [0.4, 0.5) is 0 Å². The van der Waals surface area contributed by atoms with Crippen LogP contribution in [0.2, 0.25) is 0 Å². The van der Waals surface area contributed by atoms with E-state index in [1.54, 1.807) is 5.38 Å². The SMILES string of the molecule is CCCc1nc(C(=O)NC[C@@H]2CN(S(C)(=O)=O)CCO2)cs1. The summed E-state index contributed by atoms with van der Waals surface area (Å²) in [6.45, 7) is 3.29. The van der Waals surface area contributed by atoms with Gasteiger partial charge in [-0.1, -0.05) is 6.92 Å². The van der Waals surface area contributed by atoms with E-state index in [4.69, 9.17) is 4.74 Å². The van der Waals surface area contributed by atoms with E-state index < -0.39 is 10.0 Å². The fourth-order valence-electron chi connectivity index (χ4n) is 2.16. The van der Waals surface area contributed by atoms with Crippen LogP contribution in [0.1, 0.15) is 28.8 Å². The minimum atomic E-state index is -3.22. The summed E-state index contributed by atoms with van der Waals surface area (Å²) < 4.78 is 29.9. The Balaban J connectivity index is 1.85. The normalized spacial score (nSPS) is 20.0. The molecule has 1 aromatic heterocycles. The van der Waals surface area contributed by atoms with E-state index >= 15 is 0 Å². The Bertz CT molecular complexity index is 615. The highest BCUT2D eigenvalue weighted by Gasteiger charge is 2.26. The van der Waals surface area contributed by atoms with Crippen LogP contribution >= 0.6 is 11.3 Å². The molecule has 1 fully saturated rings. The molecule has 1 atom stereocenters. The molecule has 1 aliphatic heterocycles. The van der Waals surface area contributed by atoms with Crippen LogP contribution in [0.25, 0.3) is 0 Å². The number of carbonyl (C=O) groups is 1. The lowest BCUT2D eigenvalue weighted by Gasteiger charge is -2.31. The first-order chi connectivity index (χ1) is 10.4. The molecular formula is C13H21N3O4S2. The fourth-order valence-corrected chi connectivity index (χ4v) is 3.88. The molecule has 0 aromatic carbocycles. The topological polar surface area (TPSA) is 88.6 Å². The van der Waals surface area contributed by atoms with Gasteiger partial charge >= 0.3 is 0 Å². The van der Waals surface area contributed by atoms with Gasteiger partial charge in [-0.15, -0.1) is 11.3 Å². The number of hydrogen-bond acceptors (Lipinski definition) is 6. The maximum Gasteiger partial charge on any atom is 0.270 e. The Morgan fingerprint density at radius 2 is 2.36 bits per heavy atom. The van der Waals surface area contributed by atoms with Crippen LogP contribution in [0, 0.1) is 0 Å².